The Kier molecular flexibility index (Phi) is 3.35. The summed E-state index contributed by atoms with van der Waals surface area (Å²) in [4.78, 5) is 13.4. The van der Waals surface area contributed by atoms with Crippen LogP contribution in [-0.2, 0) is 11.8 Å². The van der Waals surface area contributed by atoms with Crippen LogP contribution in [0.15, 0.2) is 24.7 Å². The van der Waals surface area contributed by atoms with Crippen LogP contribution in [-0.4, -0.2) is 23.1 Å². The lowest BCUT2D eigenvalue weighted by Gasteiger charge is -2.32. The molecule has 0 spiro atoms. The molecule has 0 unspecified atom stereocenters. The molecule has 4 nitrogen and oxygen atoms in total. The molecule has 102 valence electrons. The second-order valence-corrected chi connectivity index (χ2v) is 5.97. The molecule has 0 saturated carbocycles. The fraction of sp³-hybridized carbons (Fsp3) is 0.467. The van der Waals surface area contributed by atoms with Gasteiger partial charge in [0.05, 0.1) is 6.54 Å². The first-order valence-corrected chi connectivity index (χ1v) is 6.43. The SMILES string of the molecule is Cc1c[n+](C)ccc1C1=CN(C(=O)OC(C)(C)C)C1. The van der Waals surface area contributed by atoms with Gasteiger partial charge in [-0.15, -0.1) is 0 Å². The van der Waals surface area contributed by atoms with Gasteiger partial charge in [-0.1, -0.05) is 0 Å². The molecule has 1 aromatic rings. The summed E-state index contributed by atoms with van der Waals surface area (Å²) in [5.74, 6) is 0. The lowest BCUT2D eigenvalue weighted by molar-refractivity contribution is -0.671. The first kappa shape index (κ1) is 13.6. The van der Waals surface area contributed by atoms with Crippen LogP contribution >= 0.6 is 0 Å². The molecule has 0 bridgehead atoms. The molecule has 2 rings (SSSR count). The second-order valence-electron chi connectivity index (χ2n) is 5.97. The molecule has 1 aliphatic heterocycles. The van der Waals surface area contributed by atoms with Gasteiger partial charge in [-0.05, 0) is 38.8 Å². The van der Waals surface area contributed by atoms with E-state index in [1.807, 2.05) is 44.8 Å². The molecule has 4 heteroatoms. The fourth-order valence-electron chi connectivity index (χ4n) is 2.04. The van der Waals surface area contributed by atoms with Crippen molar-refractivity contribution in [3.05, 3.63) is 35.8 Å². The van der Waals surface area contributed by atoms with Crippen LogP contribution in [0.3, 0.4) is 0 Å². The average Bonchev–Trinajstić information content (AvgIpc) is 2.16. The Morgan fingerprint density at radius 3 is 2.58 bits per heavy atom. The van der Waals surface area contributed by atoms with E-state index in [4.69, 9.17) is 4.74 Å². The van der Waals surface area contributed by atoms with Crippen molar-refractivity contribution >= 4 is 11.7 Å². The molecule has 0 saturated heterocycles. The predicted molar refractivity (Wildman–Crippen MR) is 73.3 cm³/mol. The maximum atomic E-state index is 11.8. The maximum absolute atomic E-state index is 11.8. The lowest BCUT2D eigenvalue weighted by atomic mass is 9.99. The van der Waals surface area contributed by atoms with Gasteiger partial charge in [0.1, 0.15) is 12.6 Å². The van der Waals surface area contributed by atoms with E-state index in [2.05, 4.69) is 19.2 Å². The first-order chi connectivity index (χ1) is 8.76. The molecule has 0 atom stereocenters. The van der Waals surface area contributed by atoms with E-state index in [-0.39, 0.29) is 6.09 Å². The summed E-state index contributed by atoms with van der Waals surface area (Å²) < 4.78 is 7.33. The highest BCUT2D eigenvalue weighted by Crippen LogP contribution is 2.27. The number of carbonyl (C=O) groups is 1. The summed E-state index contributed by atoms with van der Waals surface area (Å²) in [5.41, 5.74) is 3.12. The summed E-state index contributed by atoms with van der Waals surface area (Å²) in [7, 11) is 2.00. The van der Waals surface area contributed by atoms with E-state index in [1.165, 1.54) is 16.7 Å². The van der Waals surface area contributed by atoms with Crippen LogP contribution in [0, 0.1) is 6.92 Å². The number of carbonyl (C=O) groups excluding carboxylic acids is 1. The second kappa shape index (κ2) is 4.68. The molecule has 1 amide bonds. The molecule has 1 aromatic heterocycles. The number of rotatable bonds is 1. The number of amides is 1. The van der Waals surface area contributed by atoms with Gasteiger partial charge in [-0.2, -0.15) is 0 Å². The van der Waals surface area contributed by atoms with Crippen LogP contribution in [0.25, 0.3) is 5.57 Å². The Bertz CT molecular complexity index is 542. The molecule has 0 aliphatic carbocycles. The third-order valence-electron chi connectivity index (χ3n) is 2.92. The highest BCUT2D eigenvalue weighted by atomic mass is 16.6. The smallest absolute Gasteiger partial charge is 0.414 e. The average molecular weight is 261 g/mol. The van der Waals surface area contributed by atoms with Crippen LogP contribution in [0.1, 0.15) is 31.9 Å². The van der Waals surface area contributed by atoms with Gasteiger partial charge in [0.15, 0.2) is 12.4 Å². The van der Waals surface area contributed by atoms with Gasteiger partial charge in [0, 0.05) is 17.8 Å². The molecule has 19 heavy (non-hydrogen) atoms. The quantitative estimate of drug-likeness (QED) is 0.727. The molecular formula is C15H21N2O2+. The summed E-state index contributed by atoms with van der Waals surface area (Å²) in [6.07, 6.45) is 5.66. The van der Waals surface area contributed by atoms with E-state index in [0.29, 0.717) is 6.54 Å². The molecule has 1 aliphatic rings. The molecule has 0 aromatic carbocycles. The predicted octanol–water partition coefficient (Wildman–Crippen LogP) is 2.41. The molecular weight excluding hydrogens is 240 g/mol. The number of ether oxygens (including phenoxy) is 1. The van der Waals surface area contributed by atoms with Crippen molar-refractivity contribution in [3.63, 3.8) is 0 Å². The normalized spacial score (nSPS) is 14.8. The van der Waals surface area contributed by atoms with E-state index in [0.717, 1.165) is 0 Å². The van der Waals surface area contributed by atoms with Crippen LogP contribution in [0.5, 0.6) is 0 Å². The summed E-state index contributed by atoms with van der Waals surface area (Å²) in [5, 5.41) is 0. The van der Waals surface area contributed by atoms with E-state index in [9.17, 15) is 4.79 Å². The van der Waals surface area contributed by atoms with Crippen molar-refractivity contribution in [2.45, 2.75) is 33.3 Å². The largest absolute Gasteiger partial charge is 0.443 e. The Labute approximate surface area is 114 Å². The topological polar surface area (TPSA) is 33.4 Å². The summed E-state index contributed by atoms with van der Waals surface area (Å²) in [6.45, 7) is 8.31. The summed E-state index contributed by atoms with van der Waals surface area (Å²) >= 11 is 0. The van der Waals surface area contributed by atoms with E-state index < -0.39 is 5.60 Å². The number of nitrogens with zero attached hydrogens (tertiary/aromatic N) is 2. The lowest BCUT2D eigenvalue weighted by Crippen LogP contribution is -2.39. The van der Waals surface area contributed by atoms with E-state index >= 15 is 0 Å². The van der Waals surface area contributed by atoms with Crippen molar-refractivity contribution in [2.75, 3.05) is 6.54 Å². The van der Waals surface area contributed by atoms with Crippen LogP contribution in [0.4, 0.5) is 4.79 Å². The molecule has 0 radical (unpaired) electrons. The van der Waals surface area contributed by atoms with Gasteiger partial charge >= 0.3 is 6.09 Å². The van der Waals surface area contributed by atoms with Gasteiger partial charge in [-0.25, -0.2) is 9.36 Å². The number of aryl methyl sites for hydroxylation is 2. The highest BCUT2D eigenvalue weighted by molar-refractivity contribution is 5.82. The number of hydrogen-bond donors (Lipinski definition) is 0. The Morgan fingerprint density at radius 1 is 1.42 bits per heavy atom. The zero-order valence-electron chi connectivity index (χ0n) is 12.2. The zero-order chi connectivity index (χ0) is 14.2. The highest BCUT2D eigenvalue weighted by Gasteiger charge is 2.28. The van der Waals surface area contributed by atoms with Crippen molar-refractivity contribution in [2.24, 2.45) is 7.05 Å². The monoisotopic (exact) mass is 261 g/mol. The van der Waals surface area contributed by atoms with Gasteiger partial charge in [0.25, 0.3) is 0 Å². The third-order valence-corrected chi connectivity index (χ3v) is 2.92. The zero-order valence-corrected chi connectivity index (χ0v) is 12.2. The number of pyridine rings is 1. The molecule has 0 N–H and O–H groups in total. The standard InChI is InChI=1S/C15H21N2O2/c1-11-8-16(5)7-6-13(11)12-9-17(10-12)14(18)19-15(2,3)4/h6-9H,10H2,1-5H3/q+1. The van der Waals surface area contributed by atoms with Crippen molar-refractivity contribution in [3.8, 4) is 0 Å². The van der Waals surface area contributed by atoms with Gasteiger partial charge in [-0.3, -0.25) is 4.90 Å². The van der Waals surface area contributed by atoms with E-state index in [1.54, 1.807) is 4.90 Å². The Balaban J connectivity index is 2.07. The number of aromatic nitrogens is 1. The third kappa shape index (κ3) is 3.13. The number of hydrogen-bond acceptors (Lipinski definition) is 2. The minimum absolute atomic E-state index is 0.282. The van der Waals surface area contributed by atoms with Gasteiger partial charge in [0.2, 0.25) is 0 Å². The van der Waals surface area contributed by atoms with Crippen molar-refractivity contribution in [1.29, 1.82) is 0 Å². The molecule has 0 fully saturated rings. The Morgan fingerprint density at radius 2 is 2.05 bits per heavy atom. The van der Waals surface area contributed by atoms with Crippen LogP contribution < -0.4 is 4.57 Å². The Hall–Kier alpha value is -1.84. The maximum Gasteiger partial charge on any atom is 0.414 e. The fourth-order valence-corrected chi connectivity index (χ4v) is 2.04. The minimum atomic E-state index is -0.447. The summed E-state index contributed by atoms with van der Waals surface area (Å²) in [6, 6.07) is 2.08. The van der Waals surface area contributed by atoms with Gasteiger partial charge < -0.3 is 4.74 Å². The minimum Gasteiger partial charge on any atom is -0.443 e. The van der Waals surface area contributed by atoms with Crippen LogP contribution in [0.2, 0.25) is 0 Å². The van der Waals surface area contributed by atoms with Crippen molar-refractivity contribution in [1.82, 2.24) is 4.90 Å². The first-order valence-electron chi connectivity index (χ1n) is 6.43. The van der Waals surface area contributed by atoms with Crippen molar-refractivity contribution < 1.29 is 14.1 Å². The molecule has 2 heterocycles.